The van der Waals surface area contributed by atoms with Gasteiger partial charge in [-0.1, -0.05) is 54.6 Å². The minimum Gasteiger partial charge on any atom is -0.326 e. The van der Waals surface area contributed by atoms with Gasteiger partial charge in [0.25, 0.3) is 0 Å². The van der Waals surface area contributed by atoms with Gasteiger partial charge in [-0.15, -0.1) is 0 Å². The zero-order chi connectivity index (χ0) is 18.5. The minimum absolute atomic E-state index is 0.0265. The van der Waals surface area contributed by atoms with E-state index < -0.39 is 0 Å². The predicted octanol–water partition coefficient (Wildman–Crippen LogP) is 5.54. The zero-order valence-electron chi connectivity index (χ0n) is 15.7. The summed E-state index contributed by atoms with van der Waals surface area (Å²) in [6.45, 7) is 4.18. The molecule has 3 aromatic carbocycles. The maximum absolute atomic E-state index is 13.3. The Balaban J connectivity index is 1.53. The van der Waals surface area contributed by atoms with Crippen LogP contribution in [0.4, 0.5) is 5.69 Å². The lowest BCUT2D eigenvalue weighted by Crippen LogP contribution is -2.38. The van der Waals surface area contributed by atoms with Crippen LogP contribution >= 0.6 is 0 Å². The van der Waals surface area contributed by atoms with E-state index in [9.17, 15) is 4.79 Å². The summed E-state index contributed by atoms with van der Waals surface area (Å²) in [6, 6.07) is 23.5. The topological polar surface area (TPSA) is 29.1 Å². The molecule has 6 rings (SSSR count). The van der Waals surface area contributed by atoms with Crippen molar-refractivity contribution in [2.45, 2.75) is 32.1 Å². The highest BCUT2D eigenvalue weighted by molar-refractivity contribution is 5.94. The van der Waals surface area contributed by atoms with Crippen LogP contribution in [0.15, 0.2) is 66.7 Å². The summed E-state index contributed by atoms with van der Waals surface area (Å²) in [5, 5.41) is 3.19. The zero-order valence-corrected chi connectivity index (χ0v) is 15.7. The highest BCUT2D eigenvalue weighted by atomic mass is 16.1. The van der Waals surface area contributed by atoms with Gasteiger partial charge in [-0.3, -0.25) is 4.79 Å². The normalized spacial score (nSPS) is 22.1. The smallest absolute Gasteiger partial charge is 0.228 e. The van der Waals surface area contributed by atoms with Crippen LogP contribution in [0.2, 0.25) is 0 Å². The molecular formula is C25H23NO. The van der Waals surface area contributed by atoms with Crippen LogP contribution in [0.5, 0.6) is 0 Å². The lowest BCUT2D eigenvalue weighted by atomic mass is 9.59. The molecular weight excluding hydrogens is 330 g/mol. The van der Waals surface area contributed by atoms with Gasteiger partial charge in [0.05, 0.1) is 5.92 Å². The number of anilines is 1. The van der Waals surface area contributed by atoms with Gasteiger partial charge < -0.3 is 5.32 Å². The van der Waals surface area contributed by atoms with Crippen LogP contribution in [0.3, 0.4) is 0 Å². The lowest BCUT2D eigenvalue weighted by molar-refractivity contribution is -0.121. The molecule has 0 saturated heterocycles. The number of aryl methyl sites for hydroxylation is 2. The fraction of sp³-hybridized carbons (Fsp3) is 0.240. The Morgan fingerprint density at radius 3 is 2.00 bits per heavy atom. The first-order chi connectivity index (χ1) is 13.1. The molecule has 1 amide bonds. The highest BCUT2D eigenvalue weighted by Crippen LogP contribution is 2.55. The molecule has 27 heavy (non-hydrogen) atoms. The number of nitrogens with one attached hydrogen (secondary N) is 1. The van der Waals surface area contributed by atoms with E-state index >= 15 is 0 Å². The molecule has 3 aliphatic rings. The van der Waals surface area contributed by atoms with Crippen LogP contribution in [0, 0.1) is 19.8 Å². The number of carbonyl (C=O) groups excluding carboxylic acids is 1. The van der Waals surface area contributed by atoms with Gasteiger partial charge in [0.1, 0.15) is 0 Å². The van der Waals surface area contributed by atoms with E-state index in [-0.39, 0.29) is 17.7 Å². The standard InChI is InChI=1S/C25H23NO/c1-15-11-12-17(13-16(15)2)26-25(27)23-14-22-18-7-3-5-9-20(18)24(23)21-10-6-4-8-19(21)22/h3-13,22-24H,14H2,1-2H3,(H,26,27). The number of rotatable bonds is 2. The van der Waals surface area contributed by atoms with Gasteiger partial charge in [-0.2, -0.15) is 0 Å². The Kier molecular flexibility index (Phi) is 3.68. The maximum Gasteiger partial charge on any atom is 0.228 e. The van der Waals surface area contributed by atoms with Crippen molar-refractivity contribution in [1.82, 2.24) is 0 Å². The Morgan fingerprint density at radius 1 is 0.815 bits per heavy atom. The van der Waals surface area contributed by atoms with Crippen LogP contribution in [-0.2, 0) is 4.79 Å². The minimum atomic E-state index is -0.0265. The number of hydrogen-bond donors (Lipinski definition) is 1. The van der Waals surface area contributed by atoms with E-state index in [0.29, 0.717) is 5.92 Å². The summed E-state index contributed by atoms with van der Waals surface area (Å²) in [6.07, 6.45) is 0.884. The highest BCUT2D eigenvalue weighted by Gasteiger charge is 2.45. The van der Waals surface area contributed by atoms with Gasteiger partial charge in [-0.25, -0.2) is 0 Å². The van der Waals surface area contributed by atoms with E-state index in [0.717, 1.165) is 12.1 Å². The molecule has 0 fully saturated rings. The number of amides is 1. The average Bonchev–Trinajstić information content (AvgIpc) is 2.71. The molecule has 1 atom stereocenters. The number of benzene rings is 3. The van der Waals surface area contributed by atoms with Crippen molar-refractivity contribution in [1.29, 1.82) is 0 Å². The third-order valence-corrected chi connectivity index (χ3v) is 6.42. The van der Waals surface area contributed by atoms with Gasteiger partial charge in [-0.05, 0) is 65.8 Å². The molecule has 2 bridgehead atoms. The first kappa shape index (κ1) is 16.3. The average molecular weight is 353 g/mol. The Labute approximate surface area is 160 Å². The summed E-state index contributed by atoms with van der Waals surface area (Å²) >= 11 is 0. The van der Waals surface area contributed by atoms with E-state index in [4.69, 9.17) is 0 Å². The Bertz CT molecular complexity index is 1000. The largest absolute Gasteiger partial charge is 0.326 e. The maximum atomic E-state index is 13.3. The molecule has 1 unspecified atom stereocenters. The number of carbonyl (C=O) groups is 1. The first-order valence-electron chi connectivity index (χ1n) is 9.69. The molecule has 0 saturated carbocycles. The summed E-state index contributed by atoms with van der Waals surface area (Å²) in [5.41, 5.74) is 8.79. The first-order valence-corrected chi connectivity index (χ1v) is 9.69. The monoisotopic (exact) mass is 353 g/mol. The summed E-state index contributed by atoms with van der Waals surface area (Å²) in [7, 11) is 0. The molecule has 0 spiro atoms. The molecule has 134 valence electrons. The Morgan fingerprint density at radius 2 is 1.41 bits per heavy atom. The van der Waals surface area contributed by atoms with Crippen LogP contribution in [0.25, 0.3) is 0 Å². The van der Waals surface area contributed by atoms with Crippen molar-refractivity contribution >= 4 is 11.6 Å². The van der Waals surface area contributed by atoms with E-state index in [2.05, 4.69) is 79.8 Å². The van der Waals surface area contributed by atoms with Crippen molar-refractivity contribution < 1.29 is 4.79 Å². The molecule has 0 radical (unpaired) electrons. The fourth-order valence-corrected chi connectivity index (χ4v) is 4.95. The predicted molar refractivity (Wildman–Crippen MR) is 109 cm³/mol. The molecule has 2 heteroatoms. The molecule has 0 aliphatic heterocycles. The second kappa shape index (κ2) is 6.09. The second-order valence-corrected chi connectivity index (χ2v) is 7.92. The fourth-order valence-electron chi connectivity index (χ4n) is 4.95. The molecule has 0 aromatic heterocycles. The molecule has 0 heterocycles. The molecule has 2 nitrogen and oxygen atoms in total. The SMILES string of the molecule is Cc1ccc(NC(=O)C2CC3c4ccccc4C2c2ccccc23)cc1C. The van der Waals surface area contributed by atoms with E-state index in [1.54, 1.807) is 0 Å². The van der Waals surface area contributed by atoms with Gasteiger partial charge in [0, 0.05) is 17.5 Å². The van der Waals surface area contributed by atoms with Crippen molar-refractivity contribution in [3.05, 3.63) is 100 Å². The molecule has 3 aromatic rings. The van der Waals surface area contributed by atoms with E-state index in [1.807, 2.05) is 6.07 Å². The number of fused-ring (bicyclic) bond motifs is 1. The lowest BCUT2D eigenvalue weighted by Gasteiger charge is -2.44. The van der Waals surface area contributed by atoms with Crippen LogP contribution in [0.1, 0.15) is 51.6 Å². The third kappa shape index (κ3) is 2.51. The second-order valence-electron chi connectivity index (χ2n) is 7.92. The van der Waals surface area contributed by atoms with E-state index in [1.165, 1.54) is 33.4 Å². The van der Waals surface area contributed by atoms with Crippen molar-refractivity contribution in [3.8, 4) is 0 Å². The molecule has 1 N–H and O–H groups in total. The third-order valence-electron chi connectivity index (χ3n) is 6.42. The summed E-state index contributed by atoms with van der Waals surface area (Å²) < 4.78 is 0. The van der Waals surface area contributed by atoms with Crippen molar-refractivity contribution in [2.75, 3.05) is 5.32 Å². The Hall–Kier alpha value is -2.87. The van der Waals surface area contributed by atoms with Crippen LogP contribution in [-0.4, -0.2) is 5.91 Å². The van der Waals surface area contributed by atoms with Gasteiger partial charge >= 0.3 is 0 Å². The number of hydrogen-bond acceptors (Lipinski definition) is 1. The van der Waals surface area contributed by atoms with Crippen molar-refractivity contribution in [3.63, 3.8) is 0 Å². The van der Waals surface area contributed by atoms with Crippen molar-refractivity contribution in [2.24, 2.45) is 5.92 Å². The summed E-state index contributed by atoms with van der Waals surface area (Å²) in [5.74, 6) is 0.575. The molecule has 3 aliphatic carbocycles. The van der Waals surface area contributed by atoms with Gasteiger partial charge in [0.15, 0.2) is 0 Å². The summed E-state index contributed by atoms with van der Waals surface area (Å²) in [4.78, 5) is 13.3. The van der Waals surface area contributed by atoms with Gasteiger partial charge in [0.2, 0.25) is 5.91 Å². The quantitative estimate of drug-likeness (QED) is 0.644. The van der Waals surface area contributed by atoms with Crippen LogP contribution < -0.4 is 5.32 Å².